The number of rotatable bonds is 6. The first kappa shape index (κ1) is 13.1. The number of carbonyl (C=O) groups excluding carboxylic acids is 1. The van der Waals surface area contributed by atoms with Crippen molar-refractivity contribution >= 4 is 11.9 Å². The Morgan fingerprint density at radius 1 is 1.53 bits per heavy atom. The summed E-state index contributed by atoms with van der Waals surface area (Å²) in [4.78, 5) is 22.2. The fourth-order valence-electron chi connectivity index (χ4n) is 1.40. The molecule has 0 atom stereocenters. The van der Waals surface area contributed by atoms with Gasteiger partial charge in [-0.25, -0.2) is 9.48 Å². The van der Waals surface area contributed by atoms with Gasteiger partial charge in [-0.3, -0.25) is 4.79 Å². The molecule has 1 rings (SSSR count). The number of carboxylic acids is 1. The van der Waals surface area contributed by atoms with Crippen LogP contribution in [-0.2, 0) is 17.8 Å². The summed E-state index contributed by atoms with van der Waals surface area (Å²) in [6.45, 7) is 2.51. The average molecular weight is 241 g/mol. The van der Waals surface area contributed by atoms with Gasteiger partial charge in [0.15, 0.2) is 5.69 Å². The molecule has 0 bridgehead atoms. The average Bonchev–Trinajstić information content (AvgIpc) is 2.63. The monoisotopic (exact) mass is 241 g/mol. The summed E-state index contributed by atoms with van der Waals surface area (Å²) in [5, 5.41) is 18.7. The van der Waals surface area contributed by atoms with E-state index in [2.05, 4.69) is 15.6 Å². The molecule has 0 aromatic carbocycles. The second kappa shape index (κ2) is 5.94. The van der Waals surface area contributed by atoms with Crippen molar-refractivity contribution in [2.45, 2.75) is 19.9 Å². The molecule has 8 heteroatoms. The van der Waals surface area contributed by atoms with Crippen LogP contribution >= 0.6 is 0 Å². The molecule has 0 aliphatic carbocycles. The lowest BCUT2D eigenvalue weighted by Gasteiger charge is -2.05. The van der Waals surface area contributed by atoms with Crippen molar-refractivity contribution in [3.63, 3.8) is 0 Å². The number of hydrogen-bond donors (Lipinski definition) is 3. The van der Waals surface area contributed by atoms with E-state index in [1.165, 1.54) is 4.68 Å². The second-order valence-electron chi connectivity index (χ2n) is 3.34. The standard InChI is InChI=1S/C9H15N5O3/c1-2-11-7(15)5-14-6(3-4-10)8(9(16)17)12-13-14/h2-5,10H2,1H3,(H,11,15)(H,16,17). The summed E-state index contributed by atoms with van der Waals surface area (Å²) in [7, 11) is 0. The largest absolute Gasteiger partial charge is 0.476 e. The first-order valence-corrected chi connectivity index (χ1v) is 5.22. The topological polar surface area (TPSA) is 123 Å². The van der Waals surface area contributed by atoms with E-state index in [4.69, 9.17) is 10.8 Å². The molecule has 8 nitrogen and oxygen atoms in total. The molecule has 0 aliphatic heterocycles. The highest BCUT2D eigenvalue weighted by Gasteiger charge is 2.19. The predicted molar refractivity (Wildman–Crippen MR) is 58.4 cm³/mol. The summed E-state index contributed by atoms with van der Waals surface area (Å²) in [6.07, 6.45) is 0.314. The maximum Gasteiger partial charge on any atom is 0.358 e. The van der Waals surface area contributed by atoms with Crippen LogP contribution in [0.4, 0.5) is 0 Å². The summed E-state index contributed by atoms with van der Waals surface area (Å²) < 4.78 is 1.27. The van der Waals surface area contributed by atoms with E-state index >= 15 is 0 Å². The minimum Gasteiger partial charge on any atom is -0.476 e. The SMILES string of the molecule is CCNC(=O)Cn1nnc(C(=O)O)c1CCN. The van der Waals surface area contributed by atoms with Crippen LogP contribution in [0.5, 0.6) is 0 Å². The van der Waals surface area contributed by atoms with Gasteiger partial charge in [-0.1, -0.05) is 5.21 Å². The Morgan fingerprint density at radius 2 is 2.24 bits per heavy atom. The van der Waals surface area contributed by atoms with Gasteiger partial charge < -0.3 is 16.2 Å². The molecule has 0 saturated heterocycles. The highest BCUT2D eigenvalue weighted by Crippen LogP contribution is 2.06. The number of aromatic carboxylic acids is 1. The zero-order valence-electron chi connectivity index (χ0n) is 9.51. The van der Waals surface area contributed by atoms with Gasteiger partial charge in [-0.15, -0.1) is 5.10 Å². The third-order valence-corrected chi connectivity index (χ3v) is 2.09. The van der Waals surface area contributed by atoms with Gasteiger partial charge >= 0.3 is 5.97 Å². The predicted octanol–water partition coefficient (Wildman–Crippen LogP) is -1.39. The quantitative estimate of drug-likeness (QED) is 0.563. The van der Waals surface area contributed by atoms with E-state index in [-0.39, 0.29) is 24.7 Å². The summed E-state index contributed by atoms with van der Waals surface area (Å²) >= 11 is 0. The van der Waals surface area contributed by atoms with Crippen molar-refractivity contribution in [1.29, 1.82) is 0 Å². The zero-order valence-corrected chi connectivity index (χ0v) is 9.51. The maximum absolute atomic E-state index is 11.4. The fourth-order valence-corrected chi connectivity index (χ4v) is 1.40. The van der Waals surface area contributed by atoms with Crippen LogP contribution in [0.3, 0.4) is 0 Å². The summed E-state index contributed by atoms with van der Waals surface area (Å²) in [5.41, 5.74) is 5.60. The number of nitrogens with two attached hydrogens (primary N) is 1. The Morgan fingerprint density at radius 3 is 2.76 bits per heavy atom. The van der Waals surface area contributed by atoms with Crippen LogP contribution in [0.2, 0.25) is 0 Å². The number of nitrogens with zero attached hydrogens (tertiary/aromatic N) is 3. The minimum atomic E-state index is -1.17. The smallest absolute Gasteiger partial charge is 0.358 e. The van der Waals surface area contributed by atoms with Crippen molar-refractivity contribution in [1.82, 2.24) is 20.3 Å². The van der Waals surface area contributed by atoms with Crippen LogP contribution in [0, 0.1) is 0 Å². The number of amides is 1. The zero-order chi connectivity index (χ0) is 12.8. The molecule has 0 fully saturated rings. The van der Waals surface area contributed by atoms with E-state index in [1.807, 2.05) is 0 Å². The highest BCUT2D eigenvalue weighted by atomic mass is 16.4. The molecular formula is C9H15N5O3. The third-order valence-electron chi connectivity index (χ3n) is 2.09. The van der Waals surface area contributed by atoms with E-state index in [0.717, 1.165) is 0 Å². The molecule has 94 valence electrons. The van der Waals surface area contributed by atoms with E-state index < -0.39 is 5.97 Å². The second-order valence-corrected chi connectivity index (χ2v) is 3.34. The Bertz CT molecular complexity index is 415. The molecule has 0 saturated carbocycles. The Balaban J connectivity index is 2.91. The number of nitrogens with one attached hydrogen (secondary N) is 1. The molecule has 4 N–H and O–H groups in total. The lowest BCUT2D eigenvalue weighted by molar-refractivity contribution is -0.121. The summed E-state index contributed by atoms with van der Waals surface area (Å²) in [5.74, 6) is -1.41. The normalized spacial score (nSPS) is 10.2. The number of carboxylic acid groups (broad SMARTS) is 1. The van der Waals surface area contributed by atoms with Crippen molar-refractivity contribution in [2.75, 3.05) is 13.1 Å². The molecule has 1 aromatic rings. The van der Waals surface area contributed by atoms with Gasteiger partial charge in [-0.05, 0) is 13.5 Å². The molecule has 1 amide bonds. The van der Waals surface area contributed by atoms with Crippen LogP contribution in [-0.4, -0.2) is 45.1 Å². The Labute approximate surface area is 97.8 Å². The first-order valence-electron chi connectivity index (χ1n) is 5.22. The fraction of sp³-hybridized carbons (Fsp3) is 0.556. The number of aromatic nitrogens is 3. The Kier molecular flexibility index (Phi) is 4.58. The van der Waals surface area contributed by atoms with Crippen molar-refractivity contribution in [3.05, 3.63) is 11.4 Å². The van der Waals surface area contributed by atoms with Crippen molar-refractivity contribution in [2.24, 2.45) is 5.73 Å². The van der Waals surface area contributed by atoms with Crippen LogP contribution in [0.15, 0.2) is 0 Å². The number of carbonyl (C=O) groups is 2. The molecule has 0 unspecified atom stereocenters. The minimum absolute atomic E-state index is 0.0521. The summed E-state index contributed by atoms with van der Waals surface area (Å²) in [6, 6.07) is 0. The van der Waals surface area contributed by atoms with Gasteiger partial charge in [0.25, 0.3) is 0 Å². The molecule has 1 heterocycles. The van der Waals surface area contributed by atoms with E-state index in [0.29, 0.717) is 18.7 Å². The van der Waals surface area contributed by atoms with Gasteiger partial charge in [0, 0.05) is 13.0 Å². The molecule has 0 spiro atoms. The molecule has 0 radical (unpaired) electrons. The lowest BCUT2D eigenvalue weighted by atomic mass is 10.2. The van der Waals surface area contributed by atoms with Gasteiger partial charge in [0.2, 0.25) is 5.91 Å². The maximum atomic E-state index is 11.4. The van der Waals surface area contributed by atoms with Crippen LogP contribution in [0.1, 0.15) is 23.1 Å². The van der Waals surface area contributed by atoms with Gasteiger partial charge in [0.1, 0.15) is 6.54 Å². The van der Waals surface area contributed by atoms with Crippen molar-refractivity contribution < 1.29 is 14.7 Å². The molecule has 0 aliphatic rings. The van der Waals surface area contributed by atoms with Gasteiger partial charge in [0.05, 0.1) is 5.69 Å². The molecule has 17 heavy (non-hydrogen) atoms. The Hall–Kier alpha value is -1.96. The molecule has 1 aromatic heterocycles. The van der Waals surface area contributed by atoms with Crippen molar-refractivity contribution in [3.8, 4) is 0 Å². The lowest BCUT2D eigenvalue weighted by Crippen LogP contribution is -2.28. The molecular weight excluding hydrogens is 226 g/mol. The number of likely N-dealkylation sites (N-methyl/N-ethyl adjacent to an activating group) is 1. The van der Waals surface area contributed by atoms with Gasteiger partial charge in [-0.2, -0.15) is 0 Å². The van der Waals surface area contributed by atoms with E-state index in [9.17, 15) is 9.59 Å². The van der Waals surface area contributed by atoms with Crippen LogP contribution < -0.4 is 11.1 Å². The third kappa shape index (κ3) is 3.25. The van der Waals surface area contributed by atoms with Crippen LogP contribution in [0.25, 0.3) is 0 Å². The first-order chi connectivity index (χ1) is 8.10. The van der Waals surface area contributed by atoms with E-state index in [1.54, 1.807) is 6.92 Å². The highest BCUT2D eigenvalue weighted by molar-refractivity contribution is 5.86. The number of hydrogen-bond acceptors (Lipinski definition) is 5.